The summed E-state index contributed by atoms with van der Waals surface area (Å²) in [6, 6.07) is 4.47. The van der Waals surface area contributed by atoms with Gasteiger partial charge in [0, 0.05) is 37.9 Å². The van der Waals surface area contributed by atoms with Crippen molar-refractivity contribution in [1.29, 1.82) is 0 Å². The number of rotatable bonds is 7. The van der Waals surface area contributed by atoms with Crippen LogP contribution in [0, 0.1) is 6.92 Å². The van der Waals surface area contributed by atoms with Gasteiger partial charge in [-0.15, -0.1) is 0 Å². The predicted octanol–water partition coefficient (Wildman–Crippen LogP) is 2.40. The molecule has 0 saturated heterocycles. The monoisotopic (exact) mass is 247 g/mol. The summed E-state index contributed by atoms with van der Waals surface area (Å²) in [6.45, 7) is 6.18. The summed E-state index contributed by atoms with van der Waals surface area (Å²) in [5, 5.41) is 3.52. The zero-order chi connectivity index (χ0) is 12.8. The molecule has 1 N–H and O–H groups in total. The number of imidazole rings is 1. The Hall–Kier alpha value is -1.55. The number of nitrogens with one attached hydrogen (secondary N) is 1. The largest absolute Gasteiger partial charge is 0.469 e. The SMILES string of the molecule is Cc1nccn1CCNC(C)CCc1ccco1. The molecular formula is C14H21N3O. The zero-order valence-corrected chi connectivity index (χ0v) is 11.1. The molecule has 98 valence electrons. The summed E-state index contributed by atoms with van der Waals surface area (Å²) in [7, 11) is 0. The fourth-order valence-electron chi connectivity index (χ4n) is 1.99. The van der Waals surface area contributed by atoms with Crippen molar-refractivity contribution in [2.45, 2.75) is 39.3 Å². The highest BCUT2D eigenvalue weighted by molar-refractivity contribution is 4.98. The Morgan fingerprint density at radius 2 is 2.39 bits per heavy atom. The van der Waals surface area contributed by atoms with E-state index < -0.39 is 0 Å². The number of aryl methyl sites for hydroxylation is 2. The second-order valence-corrected chi connectivity index (χ2v) is 4.64. The Kier molecular flexibility index (Phi) is 4.59. The van der Waals surface area contributed by atoms with Crippen molar-refractivity contribution >= 4 is 0 Å². The molecule has 0 radical (unpaired) electrons. The summed E-state index contributed by atoms with van der Waals surface area (Å²) in [5.41, 5.74) is 0. The van der Waals surface area contributed by atoms with Gasteiger partial charge in [-0.05, 0) is 32.4 Å². The first-order valence-corrected chi connectivity index (χ1v) is 6.49. The fourth-order valence-corrected chi connectivity index (χ4v) is 1.99. The van der Waals surface area contributed by atoms with Crippen molar-refractivity contribution < 1.29 is 4.42 Å². The van der Waals surface area contributed by atoms with E-state index in [4.69, 9.17) is 4.42 Å². The van der Waals surface area contributed by atoms with Crippen LogP contribution in [0.4, 0.5) is 0 Å². The van der Waals surface area contributed by atoms with E-state index in [1.165, 1.54) is 0 Å². The standard InChI is InChI=1S/C14H21N3O/c1-12(5-6-14-4-3-11-18-14)15-7-9-17-10-8-16-13(17)2/h3-4,8,10-12,15H,5-7,9H2,1-2H3. The number of aromatic nitrogens is 2. The van der Waals surface area contributed by atoms with Gasteiger partial charge in [-0.3, -0.25) is 0 Å². The Balaban J connectivity index is 1.63. The first-order valence-electron chi connectivity index (χ1n) is 6.49. The fraction of sp³-hybridized carbons (Fsp3) is 0.500. The Labute approximate surface area is 108 Å². The summed E-state index contributed by atoms with van der Waals surface area (Å²) in [5.74, 6) is 2.13. The molecule has 0 fully saturated rings. The van der Waals surface area contributed by atoms with E-state index in [1.54, 1.807) is 6.26 Å². The lowest BCUT2D eigenvalue weighted by molar-refractivity contribution is 0.451. The van der Waals surface area contributed by atoms with Crippen LogP contribution in [0.15, 0.2) is 35.2 Å². The molecule has 0 aliphatic heterocycles. The average molecular weight is 247 g/mol. The van der Waals surface area contributed by atoms with Crippen molar-refractivity contribution in [2.75, 3.05) is 6.54 Å². The van der Waals surface area contributed by atoms with Crippen LogP contribution in [0.3, 0.4) is 0 Å². The Morgan fingerprint density at radius 3 is 3.06 bits per heavy atom. The van der Waals surface area contributed by atoms with Gasteiger partial charge in [0.25, 0.3) is 0 Å². The first-order chi connectivity index (χ1) is 8.75. The van der Waals surface area contributed by atoms with Crippen LogP contribution >= 0.6 is 0 Å². The summed E-state index contributed by atoms with van der Waals surface area (Å²) >= 11 is 0. The highest BCUT2D eigenvalue weighted by Crippen LogP contribution is 2.05. The molecule has 4 nitrogen and oxygen atoms in total. The minimum absolute atomic E-state index is 0.499. The van der Waals surface area contributed by atoms with Gasteiger partial charge in [-0.2, -0.15) is 0 Å². The van der Waals surface area contributed by atoms with Gasteiger partial charge < -0.3 is 14.3 Å². The summed E-state index contributed by atoms with van der Waals surface area (Å²) < 4.78 is 7.48. The predicted molar refractivity (Wildman–Crippen MR) is 71.5 cm³/mol. The van der Waals surface area contributed by atoms with Gasteiger partial charge in [0.1, 0.15) is 11.6 Å². The van der Waals surface area contributed by atoms with E-state index in [-0.39, 0.29) is 0 Å². The van der Waals surface area contributed by atoms with Crippen LogP contribution in [0.25, 0.3) is 0 Å². The van der Waals surface area contributed by atoms with E-state index in [0.717, 1.165) is 37.5 Å². The number of nitrogens with zero attached hydrogens (tertiary/aromatic N) is 2. The van der Waals surface area contributed by atoms with Crippen LogP contribution < -0.4 is 5.32 Å². The topological polar surface area (TPSA) is 43.0 Å². The van der Waals surface area contributed by atoms with E-state index in [9.17, 15) is 0 Å². The van der Waals surface area contributed by atoms with Crippen LogP contribution in [0.2, 0.25) is 0 Å². The highest BCUT2D eigenvalue weighted by atomic mass is 16.3. The van der Waals surface area contributed by atoms with Crippen LogP contribution in [0.1, 0.15) is 24.9 Å². The molecule has 1 unspecified atom stereocenters. The first kappa shape index (κ1) is 12.9. The average Bonchev–Trinajstić information content (AvgIpc) is 2.99. The molecular weight excluding hydrogens is 226 g/mol. The smallest absolute Gasteiger partial charge is 0.105 e. The Bertz CT molecular complexity index is 447. The van der Waals surface area contributed by atoms with Gasteiger partial charge in [-0.25, -0.2) is 4.98 Å². The highest BCUT2D eigenvalue weighted by Gasteiger charge is 2.04. The van der Waals surface area contributed by atoms with Gasteiger partial charge >= 0.3 is 0 Å². The van der Waals surface area contributed by atoms with Crippen molar-refractivity contribution in [2.24, 2.45) is 0 Å². The normalized spacial score (nSPS) is 12.8. The molecule has 0 bridgehead atoms. The zero-order valence-electron chi connectivity index (χ0n) is 11.1. The lowest BCUT2D eigenvalue weighted by Gasteiger charge is -2.13. The maximum atomic E-state index is 5.32. The molecule has 2 aromatic rings. The second-order valence-electron chi connectivity index (χ2n) is 4.64. The maximum Gasteiger partial charge on any atom is 0.105 e. The van der Waals surface area contributed by atoms with E-state index in [1.807, 2.05) is 31.5 Å². The molecule has 2 aromatic heterocycles. The number of furan rings is 1. The lowest BCUT2D eigenvalue weighted by Crippen LogP contribution is -2.29. The van der Waals surface area contributed by atoms with Gasteiger partial charge in [0.05, 0.1) is 6.26 Å². The summed E-state index contributed by atoms with van der Waals surface area (Å²) in [6.07, 6.45) is 7.68. The van der Waals surface area contributed by atoms with Crippen molar-refractivity contribution in [3.05, 3.63) is 42.4 Å². The van der Waals surface area contributed by atoms with E-state index >= 15 is 0 Å². The molecule has 0 amide bonds. The lowest BCUT2D eigenvalue weighted by atomic mass is 10.1. The molecule has 2 rings (SSSR count). The van der Waals surface area contributed by atoms with Crippen molar-refractivity contribution in [1.82, 2.24) is 14.9 Å². The van der Waals surface area contributed by atoms with Gasteiger partial charge in [0.15, 0.2) is 0 Å². The molecule has 0 aromatic carbocycles. The molecule has 4 heteroatoms. The molecule has 0 aliphatic carbocycles. The minimum atomic E-state index is 0.499. The molecule has 0 aliphatic rings. The van der Waals surface area contributed by atoms with E-state index in [0.29, 0.717) is 6.04 Å². The second kappa shape index (κ2) is 6.40. The molecule has 1 atom stereocenters. The third-order valence-corrected chi connectivity index (χ3v) is 3.17. The molecule has 0 saturated carbocycles. The number of hydrogen-bond acceptors (Lipinski definition) is 3. The van der Waals surface area contributed by atoms with Gasteiger partial charge in [-0.1, -0.05) is 0 Å². The van der Waals surface area contributed by atoms with Crippen LogP contribution in [-0.2, 0) is 13.0 Å². The van der Waals surface area contributed by atoms with Crippen molar-refractivity contribution in [3.8, 4) is 0 Å². The minimum Gasteiger partial charge on any atom is -0.469 e. The molecule has 0 spiro atoms. The third-order valence-electron chi connectivity index (χ3n) is 3.17. The van der Waals surface area contributed by atoms with E-state index in [2.05, 4.69) is 21.8 Å². The van der Waals surface area contributed by atoms with Crippen LogP contribution in [0.5, 0.6) is 0 Å². The summed E-state index contributed by atoms with van der Waals surface area (Å²) in [4.78, 5) is 4.21. The molecule has 2 heterocycles. The number of hydrogen-bond donors (Lipinski definition) is 1. The Morgan fingerprint density at radius 1 is 1.50 bits per heavy atom. The van der Waals surface area contributed by atoms with Crippen molar-refractivity contribution in [3.63, 3.8) is 0 Å². The quantitative estimate of drug-likeness (QED) is 0.817. The van der Waals surface area contributed by atoms with Gasteiger partial charge in [0.2, 0.25) is 0 Å². The molecule has 18 heavy (non-hydrogen) atoms. The third kappa shape index (κ3) is 3.74. The maximum absolute atomic E-state index is 5.32. The van der Waals surface area contributed by atoms with Crippen LogP contribution in [-0.4, -0.2) is 22.1 Å².